The third kappa shape index (κ3) is 12.2. The Hall–Kier alpha value is -5.81. The molecule has 6 amide bonds. The zero-order valence-electron chi connectivity index (χ0n) is 36.1. The normalized spacial score (nSPS) is 23.6. The number of para-hydroxylation sites is 1. The number of unbranched alkanes of at least 4 members (excludes halogenated alkanes) is 1. The quantitative estimate of drug-likeness (QED) is 0.0621. The van der Waals surface area contributed by atoms with Crippen LogP contribution in [-0.2, 0) is 41.6 Å². The van der Waals surface area contributed by atoms with Gasteiger partial charge in [0.05, 0.1) is 6.04 Å². The highest BCUT2D eigenvalue weighted by atomic mass is 16.2. The van der Waals surface area contributed by atoms with Crippen LogP contribution in [0.2, 0.25) is 0 Å². The number of aliphatic imine (C=N–C) groups is 1. The second-order valence-corrected chi connectivity index (χ2v) is 17.3. The van der Waals surface area contributed by atoms with Crippen LogP contribution in [0.5, 0.6) is 0 Å². The van der Waals surface area contributed by atoms with E-state index in [9.17, 15) is 19.2 Å². The third-order valence-electron chi connectivity index (χ3n) is 12.7. The fourth-order valence-corrected chi connectivity index (χ4v) is 9.35. The van der Waals surface area contributed by atoms with E-state index in [-0.39, 0.29) is 57.1 Å². The Morgan fingerprint density at radius 2 is 1.46 bits per heavy atom. The molecule has 63 heavy (non-hydrogen) atoms. The van der Waals surface area contributed by atoms with Gasteiger partial charge in [0.15, 0.2) is 5.96 Å². The molecule has 2 aliphatic heterocycles. The molecule has 3 heterocycles. The van der Waals surface area contributed by atoms with Crippen molar-refractivity contribution in [2.75, 3.05) is 19.6 Å². The number of hydrogen-bond acceptors (Lipinski definition) is 9. The summed E-state index contributed by atoms with van der Waals surface area (Å²) in [7, 11) is 0. The SMILES string of the molecule is NCCCC[C@H]1C(=O)N2CCC[C@H]2C(=O)N[C@H](CC2CCCCC2)C(=O)N[C@@H](Cc2c[nH]c3ccccc23)C(=O)N[C@H](CCCN=C(N)N)C(=O)N1C(=O)[C@H](N)Cc1ccccc1. The van der Waals surface area contributed by atoms with E-state index < -0.39 is 71.7 Å². The Labute approximate surface area is 368 Å². The lowest BCUT2D eigenvalue weighted by molar-refractivity contribution is -0.158. The van der Waals surface area contributed by atoms with Crippen molar-refractivity contribution >= 4 is 52.3 Å². The second kappa shape index (κ2) is 22.5. The summed E-state index contributed by atoms with van der Waals surface area (Å²) in [6, 6.07) is 9.44. The summed E-state index contributed by atoms with van der Waals surface area (Å²) in [6.07, 6.45) is 9.02. The molecule has 6 atom stereocenters. The van der Waals surface area contributed by atoms with Crippen LogP contribution in [0.4, 0.5) is 0 Å². The van der Waals surface area contributed by atoms with Crippen LogP contribution in [0.15, 0.2) is 65.8 Å². The van der Waals surface area contributed by atoms with Crippen LogP contribution in [-0.4, -0.2) is 112 Å². The molecule has 1 saturated carbocycles. The van der Waals surface area contributed by atoms with Gasteiger partial charge in [0, 0.05) is 36.6 Å². The highest BCUT2D eigenvalue weighted by Gasteiger charge is 2.46. The molecule has 1 aromatic heterocycles. The largest absolute Gasteiger partial charge is 0.370 e. The van der Waals surface area contributed by atoms with E-state index in [2.05, 4.69) is 25.9 Å². The molecule has 0 bridgehead atoms. The van der Waals surface area contributed by atoms with Gasteiger partial charge in [-0.1, -0.05) is 80.6 Å². The number of fused-ring (bicyclic) bond motifs is 2. The number of nitrogens with zero attached hydrogens (tertiary/aromatic N) is 3. The zero-order valence-corrected chi connectivity index (χ0v) is 36.1. The summed E-state index contributed by atoms with van der Waals surface area (Å²) in [5.41, 5.74) is 26.1. The minimum Gasteiger partial charge on any atom is -0.370 e. The van der Waals surface area contributed by atoms with Gasteiger partial charge < -0.3 is 48.8 Å². The predicted octanol–water partition coefficient (Wildman–Crippen LogP) is 1.62. The number of carbonyl (C=O) groups excluding carboxylic acids is 6. The van der Waals surface area contributed by atoms with E-state index in [4.69, 9.17) is 22.9 Å². The molecule has 2 aromatic carbocycles. The Balaban J connectivity index is 1.46. The Kier molecular flexibility index (Phi) is 16.7. The first-order valence-electron chi connectivity index (χ1n) is 22.6. The smallest absolute Gasteiger partial charge is 0.252 e. The highest BCUT2D eigenvalue weighted by molar-refractivity contribution is 6.06. The van der Waals surface area contributed by atoms with E-state index in [1.54, 1.807) is 6.20 Å². The van der Waals surface area contributed by atoms with Crippen LogP contribution in [0.1, 0.15) is 94.6 Å². The molecule has 17 nitrogen and oxygen atoms in total. The summed E-state index contributed by atoms with van der Waals surface area (Å²) in [4.78, 5) is 98.8. The van der Waals surface area contributed by atoms with Gasteiger partial charge in [-0.05, 0) is 87.4 Å². The third-order valence-corrected chi connectivity index (χ3v) is 12.7. The average molecular weight is 868 g/mol. The number of H-pyrrole nitrogens is 1. The van der Waals surface area contributed by atoms with Gasteiger partial charge in [-0.25, -0.2) is 0 Å². The number of nitrogens with one attached hydrogen (secondary N) is 4. The van der Waals surface area contributed by atoms with Crippen LogP contribution in [0.3, 0.4) is 0 Å². The Morgan fingerprint density at radius 3 is 2.21 bits per heavy atom. The summed E-state index contributed by atoms with van der Waals surface area (Å²) in [6.45, 7) is 0.598. The topological polar surface area (TPSA) is 277 Å². The van der Waals surface area contributed by atoms with E-state index >= 15 is 9.59 Å². The molecule has 3 fully saturated rings. The van der Waals surface area contributed by atoms with Crippen molar-refractivity contribution in [1.29, 1.82) is 0 Å². The summed E-state index contributed by atoms with van der Waals surface area (Å²) >= 11 is 0. The summed E-state index contributed by atoms with van der Waals surface area (Å²) < 4.78 is 0. The van der Waals surface area contributed by atoms with Gasteiger partial charge in [-0.3, -0.25) is 38.7 Å². The number of aromatic amines is 1. The van der Waals surface area contributed by atoms with E-state index in [1.807, 2.05) is 54.6 Å². The van der Waals surface area contributed by atoms with Gasteiger partial charge in [0.25, 0.3) is 5.91 Å². The number of rotatable bonds is 15. The predicted molar refractivity (Wildman–Crippen MR) is 240 cm³/mol. The van der Waals surface area contributed by atoms with Gasteiger partial charge in [0.2, 0.25) is 29.5 Å². The van der Waals surface area contributed by atoms with Crippen LogP contribution >= 0.6 is 0 Å². The number of guanidine groups is 1. The number of nitrogens with two attached hydrogens (primary N) is 4. The number of amides is 6. The fraction of sp³-hybridized carbons (Fsp3) is 0.543. The molecule has 6 rings (SSSR count). The first-order chi connectivity index (χ1) is 30.4. The molecule has 3 aromatic rings. The first-order valence-corrected chi connectivity index (χ1v) is 22.6. The molecule has 0 unspecified atom stereocenters. The van der Waals surface area contributed by atoms with Crippen molar-refractivity contribution < 1.29 is 28.8 Å². The molecule has 1 aliphatic carbocycles. The maximum atomic E-state index is 15.3. The molecule has 3 aliphatic rings. The molecule has 12 N–H and O–H groups in total. The van der Waals surface area contributed by atoms with Crippen molar-refractivity contribution in [3.63, 3.8) is 0 Å². The average Bonchev–Trinajstić information content (AvgIpc) is 3.94. The van der Waals surface area contributed by atoms with Gasteiger partial charge in [0.1, 0.15) is 30.2 Å². The van der Waals surface area contributed by atoms with E-state index in [0.717, 1.165) is 59.0 Å². The second-order valence-electron chi connectivity index (χ2n) is 17.3. The molecule has 0 radical (unpaired) electrons. The monoisotopic (exact) mass is 868 g/mol. The van der Waals surface area contributed by atoms with Gasteiger partial charge in [-0.15, -0.1) is 0 Å². The number of imide groups is 1. The number of carbonyl (C=O) groups is 6. The van der Waals surface area contributed by atoms with Gasteiger partial charge >= 0.3 is 0 Å². The maximum absolute atomic E-state index is 15.3. The van der Waals surface area contributed by atoms with Crippen molar-refractivity contribution in [2.24, 2.45) is 33.8 Å². The molecule has 340 valence electrons. The highest BCUT2D eigenvalue weighted by Crippen LogP contribution is 2.29. The minimum absolute atomic E-state index is 0.0296. The van der Waals surface area contributed by atoms with Crippen molar-refractivity contribution in [1.82, 2.24) is 30.7 Å². The maximum Gasteiger partial charge on any atom is 0.252 e. The number of hydrogen-bond donors (Lipinski definition) is 8. The van der Waals surface area contributed by atoms with Crippen molar-refractivity contribution in [2.45, 2.75) is 133 Å². The Morgan fingerprint density at radius 1 is 0.762 bits per heavy atom. The lowest BCUT2D eigenvalue weighted by atomic mass is 9.84. The first kappa shape index (κ1) is 46.7. The molecule has 2 saturated heterocycles. The Bertz CT molecular complexity index is 2080. The van der Waals surface area contributed by atoms with Crippen LogP contribution in [0, 0.1) is 5.92 Å². The lowest BCUT2D eigenvalue weighted by Crippen LogP contribution is -2.63. The van der Waals surface area contributed by atoms with Gasteiger partial charge in [-0.2, -0.15) is 0 Å². The molecule has 17 heteroatoms. The summed E-state index contributed by atoms with van der Waals surface area (Å²) in [5.74, 6) is -3.99. The fourth-order valence-electron chi connectivity index (χ4n) is 9.35. The van der Waals surface area contributed by atoms with E-state index in [1.165, 1.54) is 4.90 Å². The van der Waals surface area contributed by atoms with Crippen LogP contribution in [0.25, 0.3) is 10.9 Å². The standard InChI is InChI=1S/C46H65N11O6/c47-22-10-9-20-39-45(63)56-24-12-21-38(56)42(60)55-36(26-30-15-5-2-6-16-30)40(58)54-37(27-31-28-52-34-18-8-7-17-32(31)34)41(59)53-35(19-11-23-51-46(49)50)44(62)57(39)43(61)33(48)25-29-13-3-1-4-14-29/h1,3-4,7-8,13-14,17-18,28,30,33,35-39,52H,2,5-6,9-12,15-16,19-27,47-48H2,(H,53,59)(H,54,58)(H,55,60)(H4,49,50,51)/t33-,35-,36-,37+,38+,39+/m1/s1. The molecular formula is C46H65N11O6. The van der Waals surface area contributed by atoms with Crippen molar-refractivity contribution in [3.8, 4) is 0 Å². The molecular weight excluding hydrogens is 803 g/mol. The minimum atomic E-state index is -1.39. The number of benzene rings is 2. The summed E-state index contributed by atoms with van der Waals surface area (Å²) in [5, 5.41) is 9.71. The molecule has 0 spiro atoms. The van der Waals surface area contributed by atoms with Crippen molar-refractivity contribution in [3.05, 3.63) is 71.9 Å². The zero-order chi connectivity index (χ0) is 44.9. The number of aromatic nitrogens is 1. The van der Waals surface area contributed by atoms with E-state index in [0.29, 0.717) is 38.6 Å². The lowest BCUT2D eigenvalue weighted by Gasteiger charge is -2.37. The van der Waals surface area contributed by atoms with Crippen LogP contribution < -0.4 is 38.9 Å².